The molecule has 21 heavy (non-hydrogen) atoms. The molecule has 2 heterocycles. The molecule has 3 rings (SSSR count). The summed E-state index contributed by atoms with van der Waals surface area (Å²) >= 11 is 0. The molecule has 0 aromatic rings. The first-order valence-electron chi connectivity index (χ1n) is 8.82. The number of nitrogens with one attached hydrogen (secondary N) is 1. The van der Waals surface area contributed by atoms with Crippen LogP contribution in [0.15, 0.2) is 0 Å². The Balaban J connectivity index is 1.64. The van der Waals surface area contributed by atoms with Crippen LogP contribution in [0.2, 0.25) is 0 Å². The van der Waals surface area contributed by atoms with E-state index in [0.717, 1.165) is 44.8 Å². The maximum atomic E-state index is 11.9. The number of rotatable bonds is 2. The largest absolute Gasteiger partial charge is 0.312 e. The van der Waals surface area contributed by atoms with Crippen molar-refractivity contribution in [2.24, 2.45) is 5.92 Å². The summed E-state index contributed by atoms with van der Waals surface area (Å²) in [4.78, 5) is 2.50. The van der Waals surface area contributed by atoms with E-state index in [-0.39, 0.29) is 6.04 Å². The van der Waals surface area contributed by atoms with E-state index < -0.39 is 9.84 Å². The van der Waals surface area contributed by atoms with Crippen LogP contribution in [0.3, 0.4) is 0 Å². The van der Waals surface area contributed by atoms with Crippen molar-refractivity contribution in [3.8, 4) is 0 Å². The van der Waals surface area contributed by atoms with Gasteiger partial charge in [0.2, 0.25) is 0 Å². The average molecular weight is 314 g/mol. The summed E-state index contributed by atoms with van der Waals surface area (Å²) in [6, 6.07) is 0.854. The molecule has 1 aliphatic carbocycles. The van der Waals surface area contributed by atoms with Gasteiger partial charge in [-0.3, -0.25) is 4.90 Å². The van der Waals surface area contributed by atoms with E-state index in [9.17, 15) is 8.42 Å². The normalized spacial score (nSPS) is 36.2. The molecule has 5 heteroatoms. The zero-order valence-corrected chi connectivity index (χ0v) is 13.9. The number of nitrogens with zero attached hydrogens (tertiary/aromatic N) is 1. The molecule has 2 saturated heterocycles. The highest BCUT2D eigenvalue weighted by atomic mass is 32.2. The van der Waals surface area contributed by atoms with Crippen molar-refractivity contribution in [1.82, 2.24) is 10.2 Å². The van der Waals surface area contributed by atoms with Crippen LogP contribution in [-0.4, -0.2) is 56.5 Å². The second kappa shape index (κ2) is 6.97. The van der Waals surface area contributed by atoms with Gasteiger partial charge in [0.15, 0.2) is 9.84 Å². The summed E-state index contributed by atoms with van der Waals surface area (Å²) in [5, 5.41) is 3.75. The molecule has 3 aliphatic rings. The third kappa shape index (κ3) is 4.20. The highest BCUT2D eigenvalue weighted by molar-refractivity contribution is 7.91. The Bertz CT molecular complexity index is 432. The first-order valence-corrected chi connectivity index (χ1v) is 10.6. The van der Waals surface area contributed by atoms with Crippen molar-refractivity contribution in [1.29, 1.82) is 0 Å². The third-order valence-corrected chi connectivity index (χ3v) is 7.44. The lowest BCUT2D eigenvalue weighted by molar-refractivity contribution is 0.162. The van der Waals surface area contributed by atoms with E-state index in [2.05, 4.69) is 10.2 Å². The van der Waals surface area contributed by atoms with Gasteiger partial charge in [0.05, 0.1) is 11.5 Å². The first-order chi connectivity index (χ1) is 10.1. The van der Waals surface area contributed by atoms with Gasteiger partial charge in [-0.1, -0.05) is 19.3 Å². The molecule has 2 aliphatic heterocycles. The van der Waals surface area contributed by atoms with Gasteiger partial charge >= 0.3 is 0 Å². The molecule has 1 saturated carbocycles. The van der Waals surface area contributed by atoms with Crippen LogP contribution in [0.1, 0.15) is 51.4 Å². The Morgan fingerprint density at radius 1 is 0.952 bits per heavy atom. The van der Waals surface area contributed by atoms with Crippen LogP contribution in [0.4, 0.5) is 0 Å². The van der Waals surface area contributed by atoms with Crippen LogP contribution in [0.5, 0.6) is 0 Å². The van der Waals surface area contributed by atoms with E-state index in [1.807, 2.05) is 0 Å². The summed E-state index contributed by atoms with van der Waals surface area (Å²) in [6.45, 7) is 3.22. The summed E-state index contributed by atoms with van der Waals surface area (Å²) < 4.78 is 23.9. The van der Waals surface area contributed by atoms with Crippen molar-refractivity contribution < 1.29 is 8.42 Å². The van der Waals surface area contributed by atoms with Crippen LogP contribution in [0.25, 0.3) is 0 Å². The summed E-state index contributed by atoms with van der Waals surface area (Å²) in [6.07, 6.45) is 9.93. The maximum absolute atomic E-state index is 11.9. The lowest BCUT2D eigenvalue weighted by Gasteiger charge is -2.37. The molecule has 0 amide bonds. The van der Waals surface area contributed by atoms with E-state index in [0.29, 0.717) is 17.5 Å². The minimum atomic E-state index is -2.80. The molecule has 0 spiro atoms. The van der Waals surface area contributed by atoms with Crippen molar-refractivity contribution in [2.45, 2.75) is 63.5 Å². The average Bonchev–Trinajstić information content (AvgIpc) is 2.73. The second-order valence-electron chi connectivity index (χ2n) is 7.22. The number of hydrogen-bond acceptors (Lipinski definition) is 4. The van der Waals surface area contributed by atoms with Gasteiger partial charge in [-0.2, -0.15) is 0 Å². The Kier molecular flexibility index (Phi) is 5.23. The fourth-order valence-corrected chi connectivity index (χ4v) is 6.19. The molecule has 4 nitrogen and oxygen atoms in total. The van der Waals surface area contributed by atoms with E-state index in [1.54, 1.807) is 0 Å². The first kappa shape index (κ1) is 15.8. The Morgan fingerprint density at radius 2 is 1.76 bits per heavy atom. The minimum Gasteiger partial charge on any atom is -0.312 e. The van der Waals surface area contributed by atoms with Gasteiger partial charge in [0, 0.05) is 18.6 Å². The summed E-state index contributed by atoms with van der Waals surface area (Å²) in [5.41, 5.74) is 0. The zero-order valence-electron chi connectivity index (χ0n) is 13.1. The lowest BCUT2D eigenvalue weighted by Crippen LogP contribution is -2.49. The molecular formula is C16H30N2O2S. The van der Waals surface area contributed by atoms with Crippen LogP contribution in [-0.2, 0) is 9.84 Å². The number of sulfone groups is 1. The molecule has 122 valence electrons. The van der Waals surface area contributed by atoms with Gasteiger partial charge in [0.25, 0.3) is 0 Å². The standard InChI is InChI=1S/C16H30N2O2S/c19-21(20)11-4-8-15(13-21)18-10-5-9-17-16(12-18)14-6-2-1-3-7-14/h14-17H,1-13H2. The predicted molar refractivity (Wildman–Crippen MR) is 86.2 cm³/mol. The lowest BCUT2D eigenvalue weighted by atomic mass is 9.83. The van der Waals surface area contributed by atoms with Gasteiger partial charge in [-0.05, 0) is 51.1 Å². The predicted octanol–water partition coefficient (Wildman–Crippen LogP) is 1.81. The highest BCUT2D eigenvalue weighted by Crippen LogP contribution is 2.29. The molecule has 2 atom stereocenters. The summed E-state index contributed by atoms with van der Waals surface area (Å²) in [5.74, 6) is 1.60. The molecule has 0 bridgehead atoms. The van der Waals surface area contributed by atoms with E-state index in [1.165, 1.54) is 32.1 Å². The van der Waals surface area contributed by atoms with Crippen LogP contribution < -0.4 is 5.32 Å². The molecule has 1 N–H and O–H groups in total. The Hall–Kier alpha value is -0.130. The SMILES string of the molecule is O=S1(=O)CCCC(N2CCCNC(C3CCCCC3)C2)C1. The topological polar surface area (TPSA) is 49.4 Å². The summed E-state index contributed by atoms with van der Waals surface area (Å²) in [7, 11) is -2.80. The zero-order chi connectivity index (χ0) is 14.7. The quantitative estimate of drug-likeness (QED) is 0.844. The second-order valence-corrected chi connectivity index (χ2v) is 9.45. The molecule has 0 radical (unpaired) electrons. The van der Waals surface area contributed by atoms with Crippen molar-refractivity contribution in [2.75, 3.05) is 31.1 Å². The van der Waals surface area contributed by atoms with Crippen LogP contribution >= 0.6 is 0 Å². The smallest absolute Gasteiger partial charge is 0.151 e. The van der Waals surface area contributed by atoms with Gasteiger partial charge in [-0.15, -0.1) is 0 Å². The van der Waals surface area contributed by atoms with E-state index >= 15 is 0 Å². The van der Waals surface area contributed by atoms with Gasteiger partial charge in [0.1, 0.15) is 0 Å². The Labute approximate surface area is 129 Å². The molecule has 2 unspecified atom stereocenters. The third-order valence-electron chi connectivity index (χ3n) is 5.63. The molecule has 0 aromatic carbocycles. The van der Waals surface area contributed by atoms with Gasteiger partial charge in [-0.25, -0.2) is 8.42 Å². The monoisotopic (exact) mass is 314 g/mol. The maximum Gasteiger partial charge on any atom is 0.151 e. The van der Waals surface area contributed by atoms with Gasteiger partial charge < -0.3 is 5.32 Å². The fraction of sp³-hybridized carbons (Fsp3) is 1.00. The Morgan fingerprint density at radius 3 is 2.52 bits per heavy atom. The van der Waals surface area contributed by atoms with Crippen LogP contribution in [0, 0.1) is 5.92 Å². The minimum absolute atomic E-state index is 0.273. The van der Waals surface area contributed by atoms with Crippen molar-refractivity contribution in [3.05, 3.63) is 0 Å². The molecule has 0 aromatic heterocycles. The highest BCUT2D eigenvalue weighted by Gasteiger charge is 2.33. The number of hydrogen-bond donors (Lipinski definition) is 1. The van der Waals surface area contributed by atoms with Crippen molar-refractivity contribution >= 4 is 9.84 Å². The van der Waals surface area contributed by atoms with E-state index in [4.69, 9.17) is 0 Å². The molecular weight excluding hydrogens is 284 g/mol. The molecule has 3 fully saturated rings. The fourth-order valence-electron chi connectivity index (χ4n) is 4.45. The van der Waals surface area contributed by atoms with Crippen molar-refractivity contribution in [3.63, 3.8) is 0 Å².